The van der Waals surface area contributed by atoms with Crippen LogP contribution in [0.2, 0.25) is 0 Å². The van der Waals surface area contributed by atoms with Crippen molar-refractivity contribution in [1.29, 1.82) is 0 Å². The summed E-state index contributed by atoms with van der Waals surface area (Å²) in [5, 5.41) is 1.18. The van der Waals surface area contributed by atoms with Crippen molar-refractivity contribution >= 4 is 38.4 Å². The van der Waals surface area contributed by atoms with Gasteiger partial charge in [0.25, 0.3) is 11.1 Å². The van der Waals surface area contributed by atoms with Crippen molar-refractivity contribution in [2.24, 2.45) is 0 Å². The minimum absolute atomic E-state index is 0.251. The molecule has 0 atom stereocenters. The first-order chi connectivity index (χ1) is 26.2. The average molecular weight is 685 g/mol. The van der Waals surface area contributed by atoms with Gasteiger partial charge in [0.1, 0.15) is 5.52 Å². The number of benzene rings is 6. The van der Waals surface area contributed by atoms with E-state index < -0.39 is 0 Å². The lowest BCUT2D eigenvalue weighted by molar-refractivity contribution is 0.952. The van der Waals surface area contributed by atoms with E-state index in [0.29, 0.717) is 50.8 Å². The van der Waals surface area contributed by atoms with Crippen LogP contribution in [0.3, 0.4) is 0 Å². The standard InChI is InChI=1S/C45H28N6O2/c52-43-38-33-25-13-14-26-34(33)51(45-47-41(30-19-7-2-8-20-30)46-42(48-45)31-21-9-3-10-22-31)39(38)37(29-17-5-1-6-18-29)40-44(53)49(32-23-11-4-12-24-32)35-27-15-16-28-36(35)50(40)43/h1-28H. The highest BCUT2D eigenvalue weighted by molar-refractivity contribution is 6.16. The van der Waals surface area contributed by atoms with Crippen LogP contribution in [0, 0.1) is 0 Å². The van der Waals surface area contributed by atoms with Gasteiger partial charge in [0.15, 0.2) is 11.6 Å². The van der Waals surface area contributed by atoms with Gasteiger partial charge in [-0.3, -0.25) is 23.1 Å². The van der Waals surface area contributed by atoms with E-state index in [0.717, 1.165) is 27.6 Å². The minimum Gasteiger partial charge on any atom is -0.277 e. The van der Waals surface area contributed by atoms with Crippen LogP contribution < -0.4 is 11.1 Å². The minimum atomic E-state index is -0.324. The number of fused-ring (bicyclic) bond motifs is 6. The second-order valence-corrected chi connectivity index (χ2v) is 12.8. The van der Waals surface area contributed by atoms with Crippen molar-refractivity contribution in [3.63, 3.8) is 0 Å². The molecule has 0 bridgehead atoms. The first-order valence-electron chi connectivity index (χ1n) is 17.3. The van der Waals surface area contributed by atoms with Crippen molar-refractivity contribution in [2.45, 2.75) is 0 Å². The molecule has 0 radical (unpaired) electrons. The van der Waals surface area contributed by atoms with Gasteiger partial charge in [-0.1, -0.05) is 140 Å². The molecule has 4 aromatic heterocycles. The average Bonchev–Trinajstić information content (AvgIpc) is 3.57. The highest BCUT2D eigenvalue weighted by atomic mass is 16.1. The smallest absolute Gasteiger partial charge is 0.277 e. The molecule has 8 nitrogen and oxygen atoms in total. The van der Waals surface area contributed by atoms with E-state index in [4.69, 9.17) is 15.0 Å². The Labute approximate surface area is 302 Å². The van der Waals surface area contributed by atoms with Gasteiger partial charge in [0, 0.05) is 27.8 Å². The van der Waals surface area contributed by atoms with E-state index in [9.17, 15) is 0 Å². The lowest BCUT2D eigenvalue weighted by atomic mass is 10.0. The summed E-state index contributed by atoms with van der Waals surface area (Å²) < 4.78 is 5.21. The van der Waals surface area contributed by atoms with E-state index in [1.165, 1.54) is 0 Å². The summed E-state index contributed by atoms with van der Waals surface area (Å²) in [6, 6.07) is 54.2. The Morgan fingerprint density at radius 2 is 0.887 bits per heavy atom. The third-order valence-corrected chi connectivity index (χ3v) is 9.72. The first-order valence-corrected chi connectivity index (χ1v) is 17.3. The lowest BCUT2D eigenvalue weighted by Crippen LogP contribution is -2.28. The summed E-state index contributed by atoms with van der Waals surface area (Å²) in [7, 11) is 0. The van der Waals surface area contributed by atoms with Crippen LogP contribution in [-0.4, -0.2) is 28.5 Å². The number of hydrogen-bond acceptors (Lipinski definition) is 5. The molecule has 0 aliphatic heterocycles. The molecule has 10 rings (SSSR count). The maximum absolute atomic E-state index is 15.3. The number of nitrogens with zero attached hydrogens (tertiary/aromatic N) is 6. The van der Waals surface area contributed by atoms with Crippen LogP contribution in [0.25, 0.3) is 83.9 Å². The zero-order valence-corrected chi connectivity index (χ0v) is 28.2. The summed E-state index contributed by atoms with van der Waals surface area (Å²) in [5.41, 5.74) is 5.83. The molecular formula is C45H28N6O2. The van der Waals surface area contributed by atoms with Gasteiger partial charge in [0.05, 0.1) is 27.5 Å². The van der Waals surface area contributed by atoms with E-state index in [1.807, 2.05) is 174 Å². The fourth-order valence-electron chi connectivity index (χ4n) is 7.44. The molecule has 8 heteroatoms. The van der Waals surface area contributed by atoms with Crippen LogP contribution in [0.15, 0.2) is 179 Å². The van der Waals surface area contributed by atoms with Crippen molar-refractivity contribution in [3.8, 4) is 45.5 Å². The highest BCUT2D eigenvalue weighted by Crippen LogP contribution is 2.39. The maximum atomic E-state index is 15.3. The Morgan fingerprint density at radius 1 is 0.396 bits per heavy atom. The van der Waals surface area contributed by atoms with Gasteiger partial charge in [-0.05, 0) is 35.9 Å². The third-order valence-electron chi connectivity index (χ3n) is 9.72. The van der Waals surface area contributed by atoms with Crippen LogP contribution in [-0.2, 0) is 0 Å². The zero-order valence-electron chi connectivity index (χ0n) is 28.2. The number of aromatic nitrogens is 6. The second-order valence-electron chi connectivity index (χ2n) is 12.8. The monoisotopic (exact) mass is 684 g/mol. The highest BCUT2D eigenvalue weighted by Gasteiger charge is 2.28. The van der Waals surface area contributed by atoms with Crippen LogP contribution in [0.4, 0.5) is 0 Å². The van der Waals surface area contributed by atoms with Gasteiger partial charge in [-0.15, -0.1) is 0 Å². The number of para-hydroxylation sites is 4. The lowest BCUT2D eigenvalue weighted by Gasteiger charge is -2.18. The Bertz CT molecular complexity index is 3080. The van der Waals surface area contributed by atoms with E-state index in [-0.39, 0.29) is 16.6 Å². The zero-order chi connectivity index (χ0) is 35.5. The van der Waals surface area contributed by atoms with Crippen LogP contribution in [0.1, 0.15) is 0 Å². The van der Waals surface area contributed by atoms with Gasteiger partial charge in [0.2, 0.25) is 5.95 Å². The number of hydrogen-bond donors (Lipinski definition) is 0. The van der Waals surface area contributed by atoms with Crippen molar-refractivity contribution in [3.05, 3.63) is 191 Å². The SMILES string of the molecule is O=c1c2c(-c3ccccc3)c3c(c(=O)n2c2ccccc2n1-c1ccccc1)c1ccccc1n3-c1nc(-c2ccccc2)nc(-c2ccccc2)n1. The topological polar surface area (TPSA) is 87.1 Å². The molecule has 0 unspecified atom stereocenters. The van der Waals surface area contributed by atoms with Crippen molar-refractivity contribution in [1.82, 2.24) is 28.5 Å². The Hall–Kier alpha value is -7.45. The molecule has 250 valence electrons. The molecule has 0 saturated carbocycles. The molecule has 0 fully saturated rings. The van der Waals surface area contributed by atoms with E-state index >= 15 is 9.59 Å². The fraction of sp³-hybridized carbons (Fsp3) is 0. The van der Waals surface area contributed by atoms with E-state index in [2.05, 4.69) is 0 Å². The molecule has 53 heavy (non-hydrogen) atoms. The molecule has 0 aliphatic rings. The van der Waals surface area contributed by atoms with Crippen LogP contribution in [0.5, 0.6) is 0 Å². The Morgan fingerprint density at radius 3 is 1.49 bits per heavy atom. The van der Waals surface area contributed by atoms with Crippen molar-refractivity contribution < 1.29 is 0 Å². The summed E-state index contributed by atoms with van der Waals surface area (Å²) in [4.78, 5) is 45.6. The molecule has 0 saturated heterocycles. The van der Waals surface area contributed by atoms with Crippen LogP contribution >= 0.6 is 0 Å². The molecule has 0 N–H and O–H groups in total. The van der Waals surface area contributed by atoms with Crippen molar-refractivity contribution in [2.75, 3.05) is 0 Å². The first kappa shape index (κ1) is 30.4. The predicted molar refractivity (Wildman–Crippen MR) is 211 cm³/mol. The quantitative estimate of drug-likeness (QED) is 0.169. The summed E-state index contributed by atoms with van der Waals surface area (Å²) in [6.45, 7) is 0. The predicted octanol–water partition coefficient (Wildman–Crippen LogP) is 8.89. The summed E-state index contributed by atoms with van der Waals surface area (Å²) in [6.07, 6.45) is 0. The normalized spacial score (nSPS) is 11.5. The third kappa shape index (κ3) is 4.73. The maximum Gasteiger partial charge on any atom is 0.280 e. The molecule has 0 amide bonds. The van der Waals surface area contributed by atoms with Gasteiger partial charge < -0.3 is 0 Å². The Kier molecular flexibility index (Phi) is 6.94. The summed E-state index contributed by atoms with van der Waals surface area (Å²) >= 11 is 0. The largest absolute Gasteiger partial charge is 0.280 e. The van der Waals surface area contributed by atoms with E-state index in [1.54, 1.807) is 8.97 Å². The molecule has 0 spiro atoms. The van der Waals surface area contributed by atoms with Gasteiger partial charge in [-0.25, -0.2) is 4.98 Å². The molecule has 6 aromatic carbocycles. The molecule has 4 heterocycles. The number of rotatable bonds is 5. The molecule has 10 aromatic rings. The van der Waals surface area contributed by atoms with Gasteiger partial charge >= 0.3 is 0 Å². The Balaban J connectivity index is 1.46. The molecule has 0 aliphatic carbocycles. The number of pyridine rings is 1. The second kappa shape index (κ2) is 12.1. The molecular weight excluding hydrogens is 657 g/mol. The fourth-order valence-corrected chi connectivity index (χ4v) is 7.44. The summed E-state index contributed by atoms with van der Waals surface area (Å²) in [5.74, 6) is 1.29. The van der Waals surface area contributed by atoms with Gasteiger partial charge in [-0.2, -0.15) is 9.97 Å².